The first kappa shape index (κ1) is 10.0. The van der Waals surface area contributed by atoms with Crippen molar-refractivity contribution >= 4 is 12.2 Å². The highest BCUT2D eigenvalue weighted by atomic mass is 32.1. The van der Waals surface area contributed by atoms with Crippen molar-refractivity contribution in [3.8, 4) is 11.4 Å². The summed E-state index contributed by atoms with van der Waals surface area (Å²) in [5.41, 5.74) is 1.43. The fourth-order valence-electron chi connectivity index (χ4n) is 1.32. The molecule has 0 unspecified atom stereocenters. The number of hydrogen-bond donors (Lipinski definition) is 1. The topological polar surface area (TPSA) is 33.6 Å². The van der Waals surface area contributed by atoms with E-state index in [1.165, 1.54) is 6.07 Å². The molecular formula is C10H10FN3S. The van der Waals surface area contributed by atoms with Gasteiger partial charge in [0.25, 0.3) is 0 Å². The zero-order valence-corrected chi connectivity index (χ0v) is 9.23. The molecule has 0 bridgehead atoms. The molecule has 0 aliphatic heterocycles. The number of aryl methyl sites for hydroxylation is 2. The summed E-state index contributed by atoms with van der Waals surface area (Å²) >= 11 is 4.98. The highest BCUT2D eigenvalue weighted by Gasteiger charge is 2.05. The summed E-state index contributed by atoms with van der Waals surface area (Å²) < 4.78 is 15.2. The van der Waals surface area contributed by atoms with Crippen LogP contribution in [0.1, 0.15) is 5.56 Å². The Bertz CT molecular complexity index is 556. The number of hydrogen-bond acceptors (Lipinski definition) is 2. The van der Waals surface area contributed by atoms with Crippen LogP contribution >= 0.6 is 12.2 Å². The molecule has 1 heterocycles. The first-order valence-electron chi connectivity index (χ1n) is 4.47. The van der Waals surface area contributed by atoms with Crippen LogP contribution in [-0.4, -0.2) is 14.8 Å². The van der Waals surface area contributed by atoms with Gasteiger partial charge in [0.05, 0.1) is 0 Å². The van der Waals surface area contributed by atoms with E-state index >= 15 is 0 Å². The minimum absolute atomic E-state index is 0.215. The highest BCUT2D eigenvalue weighted by molar-refractivity contribution is 7.71. The van der Waals surface area contributed by atoms with Crippen LogP contribution in [0.2, 0.25) is 0 Å². The number of aromatic nitrogens is 3. The summed E-state index contributed by atoms with van der Waals surface area (Å²) in [7, 11) is 1.79. The number of H-pyrrole nitrogens is 1. The summed E-state index contributed by atoms with van der Waals surface area (Å²) in [6.45, 7) is 1.72. The zero-order valence-electron chi connectivity index (χ0n) is 8.41. The van der Waals surface area contributed by atoms with Crippen molar-refractivity contribution in [2.75, 3.05) is 0 Å². The third-order valence-corrected chi connectivity index (χ3v) is 2.56. The van der Waals surface area contributed by atoms with Crippen molar-refractivity contribution in [3.63, 3.8) is 0 Å². The van der Waals surface area contributed by atoms with Crippen LogP contribution in [-0.2, 0) is 7.05 Å². The molecule has 1 N–H and O–H groups in total. The third-order valence-electron chi connectivity index (χ3n) is 2.20. The molecule has 0 saturated heterocycles. The number of nitrogens with zero attached hydrogens (tertiary/aromatic N) is 2. The van der Waals surface area contributed by atoms with Crippen molar-refractivity contribution < 1.29 is 4.39 Å². The van der Waals surface area contributed by atoms with E-state index in [2.05, 4.69) is 10.1 Å². The highest BCUT2D eigenvalue weighted by Crippen LogP contribution is 2.17. The summed E-state index contributed by atoms with van der Waals surface area (Å²) in [5, 5.41) is 2.99. The van der Waals surface area contributed by atoms with E-state index in [0.717, 1.165) is 5.56 Å². The van der Waals surface area contributed by atoms with Crippen LogP contribution in [0.4, 0.5) is 4.39 Å². The molecule has 0 aliphatic rings. The van der Waals surface area contributed by atoms with Gasteiger partial charge < -0.3 is 0 Å². The Hall–Kier alpha value is -1.49. The summed E-state index contributed by atoms with van der Waals surface area (Å²) in [6.07, 6.45) is 0. The second-order valence-corrected chi connectivity index (χ2v) is 3.74. The molecule has 0 radical (unpaired) electrons. The molecular weight excluding hydrogens is 213 g/mol. The Kier molecular flexibility index (Phi) is 2.40. The lowest BCUT2D eigenvalue weighted by atomic mass is 10.1. The maximum atomic E-state index is 13.0. The van der Waals surface area contributed by atoms with Crippen LogP contribution in [0.3, 0.4) is 0 Å². The zero-order chi connectivity index (χ0) is 11.0. The van der Waals surface area contributed by atoms with E-state index < -0.39 is 0 Å². The minimum atomic E-state index is -0.215. The van der Waals surface area contributed by atoms with Crippen molar-refractivity contribution in [1.82, 2.24) is 14.8 Å². The molecule has 15 heavy (non-hydrogen) atoms. The maximum Gasteiger partial charge on any atom is 0.216 e. The van der Waals surface area contributed by atoms with E-state index in [1.54, 1.807) is 30.8 Å². The third kappa shape index (κ3) is 1.83. The quantitative estimate of drug-likeness (QED) is 0.754. The lowest BCUT2D eigenvalue weighted by Crippen LogP contribution is -1.90. The molecule has 0 fully saturated rings. The van der Waals surface area contributed by atoms with Crippen LogP contribution in [0.25, 0.3) is 11.4 Å². The van der Waals surface area contributed by atoms with Crippen molar-refractivity contribution in [2.45, 2.75) is 6.92 Å². The first-order chi connectivity index (χ1) is 7.08. The van der Waals surface area contributed by atoms with Gasteiger partial charge in [0.1, 0.15) is 5.82 Å². The predicted octanol–water partition coefficient (Wildman–Crippen LogP) is 2.59. The first-order valence-corrected chi connectivity index (χ1v) is 4.88. The van der Waals surface area contributed by atoms with E-state index in [9.17, 15) is 4.39 Å². The number of nitrogens with one attached hydrogen (secondary N) is 1. The van der Waals surface area contributed by atoms with Crippen molar-refractivity contribution in [1.29, 1.82) is 0 Å². The molecule has 0 aliphatic carbocycles. The molecule has 0 saturated carbocycles. The van der Waals surface area contributed by atoms with Gasteiger partial charge in [-0.3, -0.25) is 9.78 Å². The second-order valence-electron chi connectivity index (χ2n) is 3.38. The number of rotatable bonds is 1. The number of halogens is 1. The predicted molar refractivity (Wildman–Crippen MR) is 58.5 cm³/mol. The van der Waals surface area contributed by atoms with Crippen LogP contribution in [0, 0.1) is 17.5 Å². The fourth-order valence-corrected chi connectivity index (χ4v) is 1.46. The molecule has 5 heteroatoms. The molecule has 0 atom stereocenters. The van der Waals surface area contributed by atoms with Gasteiger partial charge in [-0.1, -0.05) is 0 Å². The average molecular weight is 223 g/mol. The van der Waals surface area contributed by atoms with Gasteiger partial charge in [0.15, 0.2) is 5.82 Å². The molecule has 2 aromatic rings. The molecule has 3 nitrogen and oxygen atoms in total. The van der Waals surface area contributed by atoms with Gasteiger partial charge in [0, 0.05) is 12.6 Å². The van der Waals surface area contributed by atoms with E-state index in [0.29, 0.717) is 16.2 Å². The molecule has 1 aromatic heterocycles. The number of aromatic amines is 1. The van der Waals surface area contributed by atoms with E-state index in [4.69, 9.17) is 12.2 Å². The maximum absolute atomic E-state index is 13.0. The van der Waals surface area contributed by atoms with Gasteiger partial charge in [-0.25, -0.2) is 4.39 Å². The van der Waals surface area contributed by atoms with Gasteiger partial charge in [0.2, 0.25) is 4.77 Å². The van der Waals surface area contributed by atoms with Crippen LogP contribution in [0.15, 0.2) is 18.2 Å². The molecule has 0 spiro atoms. The lowest BCUT2D eigenvalue weighted by molar-refractivity contribution is 0.618. The van der Waals surface area contributed by atoms with Gasteiger partial charge >= 0.3 is 0 Å². The van der Waals surface area contributed by atoms with Gasteiger partial charge in [-0.05, 0) is 42.9 Å². The van der Waals surface area contributed by atoms with Crippen LogP contribution in [0.5, 0.6) is 0 Å². The minimum Gasteiger partial charge on any atom is -0.279 e. The lowest BCUT2D eigenvalue weighted by Gasteiger charge is -1.99. The molecule has 2 rings (SSSR count). The van der Waals surface area contributed by atoms with E-state index in [-0.39, 0.29) is 5.82 Å². The standard InChI is InChI=1S/C10H10FN3S/c1-6-5-7(3-4-8(6)11)9-12-10(15)14(2)13-9/h3-5H,1-2H3,(H,12,13,15). The Morgan fingerprint density at radius 1 is 1.47 bits per heavy atom. The molecule has 1 aromatic carbocycles. The Labute approximate surface area is 91.6 Å². The van der Waals surface area contributed by atoms with Crippen molar-refractivity contribution in [2.24, 2.45) is 7.05 Å². The SMILES string of the molecule is Cc1cc(-c2nc(=S)n(C)[nH]2)ccc1F. The Morgan fingerprint density at radius 3 is 2.73 bits per heavy atom. The van der Waals surface area contributed by atoms with Gasteiger partial charge in [-0.2, -0.15) is 4.98 Å². The molecule has 0 amide bonds. The average Bonchev–Trinajstić information content (AvgIpc) is 2.52. The second kappa shape index (κ2) is 3.58. The Morgan fingerprint density at radius 2 is 2.20 bits per heavy atom. The largest absolute Gasteiger partial charge is 0.279 e. The normalized spacial score (nSPS) is 10.6. The smallest absolute Gasteiger partial charge is 0.216 e. The van der Waals surface area contributed by atoms with Crippen LogP contribution < -0.4 is 0 Å². The number of benzene rings is 1. The molecule has 78 valence electrons. The Balaban J connectivity index is 2.54. The van der Waals surface area contributed by atoms with Crippen molar-refractivity contribution in [3.05, 3.63) is 34.4 Å². The van der Waals surface area contributed by atoms with Gasteiger partial charge in [-0.15, -0.1) is 0 Å². The summed E-state index contributed by atoms with van der Waals surface area (Å²) in [4.78, 5) is 4.15. The monoisotopic (exact) mass is 223 g/mol. The summed E-state index contributed by atoms with van der Waals surface area (Å²) in [5.74, 6) is 0.443. The summed E-state index contributed by atoms with van der Waals surface area (Å²) in [6, 6.07) is 4.84. The van der Waals surface area contributed by atoms with E-state index in [1.807, 2.05) is 0 Å². The fraction of sp³-hybridized carbons (Fsp3) is 0.200.